The molecule has 4 aromatic rings. The molecule has 3 N–H and O–H groups in total. The van der Waals surface area contributed by atoms with Crippen LogP contribution in [0.2, 0.25) is 5.02 Å². The summed E-state index contributed by atoms with van der Waals surface area (Å²) in [6, 6.07) is 11.2. The van der Waals surface area contributed by atoms with E-state index in [1.807, 2.05) is 62.4 Å². The second-order valence-electron chi connectivity index (χ2n) is 8.93. The van der Waals surface area contributed by atoms with Crippen molar-refractivity contribution in [2.24, 2.45) is 0 Å². The van der Waals surface area contributed by atoms with Gasteiger partial charge in [-0.15, -0.1) is 0 Å². The highest BCUT2D eigenvalue weighted by atomic mass is 35.5. The molecule has 2 heterocycles. The summed E-state index contributed by atoms with van der Waals surface area (Å²) < 4.78 is 23.2. The lowest BCUT2D eigenvalue weighted by atomic mass is 9.95. The summed E-state index contributed by atoms with van der Waals surface area (Å²) in [5.74, 6) is -0.673. The Kier molecular flexibility index (Phi) is 7.45. The summed E-state index contributed by atoms with van der Waals surface area (Å²) in [6.07, 6.45) is 3.65. The Morgan fingerprint density at radius 2 is 1.97 bits per heavy atom. The lowest BCUT2D eigenvalue weighted by molar-refractivity contribution is 0.0943. The third-order valence-corrected chi connectivity index (χ3v) is 6.24. The number of rotatable bonds is 8. The highest BCUT2D eigenvalue weighted by molar-refractivity contribution is 6.31. The van der Waals surface area contributed by atoms with Crippen LogP contribution in [0.3, 0.4) is 0 Å². The molecule has 0 saturated heterocycles. The number of fused-ring (bicyclic) bond motifs is 1. The van der Waals surface area contributed by atoms with Crippen molar-refractivity contribution in [3.05, 3.63) is 87.8 Å². The Morgan fingerprint density at radius 3 is 2.67 bits per heavy atom. The molecule has 0 aliphatic heterocycles. The number of benzene rings is 2. The van der Waals surface area contributed by atoms with Crippen molar-refractivity contribution in [1.29, 1.82) is 0 Å². The summed E-state index contributed by atoms with van der Waals surface area (Å²) in [5, 5.41) is 2.65. The van der Waals surface area contributed by atoms with Crippen LogP contribution in [0, 0.1) is 12.7 Å². The predicted octanol–water partition coefficient (Wildman–Crippen LogP) is 5.32. The van der Waals surface area contributed by atoms with E-state index in [4.69, 9.17) is 27.1 Å². The second-order valence-corrected chi connectivity index (χ2v) is 9.34. The first kappa shape index (κ1) is 25.4. The molecule has 1 atom stereocenters. The van der Waals surface area contributed by atoms with E-state index >= 15 is 4.39 Å². The van der Waals surface area contributed by atoms with Gasteiger partial charge in [0.15, 0.2) is 5.82 Å². The van der Waals surface area contributed by atoms with Crippen LogP contribution in [0.25, 0.3) is 5.52 Å². The van der Waals surface area contributed by atoms with E-state index in [0.29, 0.717) is 41.4 Å². The summed E-state index contributed by atoms with van der Waals surface area (Å²) in [4.78, 5) is 22.1. The van der Waals surface area contributed by atoms with Gasteiger partial charge in [-0.25, -0.2) is 14.4 Å². The molecule has 0 spiro atoms. The number of hydrogen-bond donors (Lipinski definition) is 2. The van der Waals surface area contributed by atoms with Crippen LogP contribution in [-0.2, 0) is 6.42 Å². The van der Waals surface area contributed by atoms with Crippen LogP contribution >= 0.6 is 11.6 Å². The first-order chi connectivity index (χ1) is 17.2. The number of halogens is 2. The lowest BCUT2D eigenvalue weighted by Crippen LogP contribution is -2.28. The summed E-state index contributed by atoms with van der Waals surface area (Å²) in [5.41, 5.74) is 8.87. The van der Waals surface area contributed by atoms with E-state index in [-0.39, 0.29) is 22.4 Å². The zero-order valence-corrected chi connectivity index (χ0v) is 21.4. The van der Waals surface area contributed by atoms with E-state index < -0.39 is 17.6 Å². The summed E-state index contributed by atoms with van der Waals surface area (Å²) in [6.45, 7) is 7.72. The molecule has 188 valence electrons. The zero-order valence-electron chi connectivity index (χ0n) is 20.7. The van der Waals surface area contributed by atoms with E-state index in [9.17, 15) is 4.79 Å². The molecular formula is C27H29ClFN5O2. The number of amides is 1. The zero-order chi connectivity index (χ0) is 26.0. The highest BCUT2D eigenvalue weighted by Gasteiger charge is 2.29. The number of nitrogen functional groups attached to an aromatic ring is 1. The largest absolute Gasteiger partial charge is 0.490 e. The number of nitrogens with one attached hydrogen (secondary N) is 1. The maximum atomic E-state index is 15.4. The van der Waals surface area contributed by atoms with Gasteiger partial charge in [-0.05, 0) is 38.8 Å². The van der Waals surface area contributed by atoms with Crippen molar-refractivity contribution in [2.45, 2.75) is 46.1 Å². The van der Waals surface area contributed by atoms with Crippen molar-refractivity contribution >= 4 is 28.8 Å². The van der Waals surface area contributed by atoms with Gasteiger partial charge in [0, 0.05) is 30.4 Å². The third kappa shape index (κ3) is 4.99. The number of carbonyl (C=O) groups is 1. The van der Waals surface area contributed by atoms with Gasteiger partial charge in [-0.3, -0.25) is 9.20 Å². The maximum Gasteiger partial charge on any atom is 0.258 e. The fourth-order valence-corrected chi connectivity index (χ4v) is 4.49. The van der Waals surface area contributed by atoms with Crippen LogP contribution in [0.4, 0.5) is 10.2 Å². The minimum Gasteiger partial charge on any atom is -0.490 e. The fourth-order valence-electron chi connectivity index (χ4n) is 4.28. The summed E-state index contributed by atoms with van der Waals surface area (Å²) in [7, 11) is 0. The van der Waals surface area contributed by atoms with Gasteiger partial charge >= 0.3 is 0 Å². The van der Waals surface area contributed by atoms with Gasteiger partial charge in [0.1, 0.15) is 28.5 Å². The minimum absolute atomic E-state index is 0.146. The fraction of sp³-hybridized carbons (Fsp3) is 0.296. The molecule has 0 saturated carbocycles. The van der Waals surface area contributed by atoms with E-state index in [1.165, 1.54) is 6.07 Å². The Labute approximate surface area is 214 Å². The normalized spacial score (nSPS) is 12.2. The van der Waals surface area contributed by atoms with E-state index in [2.05, 4.69) is 10.3 Å². The SMILES string of the molecule is Cc1nc([C@@H](C)c2cc(Cl)c(F)c(C(=O)NCCc3ccccc3)c2OC(C)C)n2ccnc(N)c12. The smallest absolute Gasteiger partial charge is 0.258 e. The molecule has 2 aromatic carbocycles. The van der Waals surface area contributed by atoms with E-state index in [0.717, 1.165) is 5.56 Å². The predicted molar refractivity (Wildman–Crippen MR) is 139 cm³/mol. The number of nitrogens with zero attached hydrogens (tertiary/aromatic N) is 3. The lowest BCUT2D eigenvalue weighted by Gasteiger charge is -2.22. The van der Waals surface area contributed by atoms with Crippen molar-refractivity contribution in [2.75, 3.05) is 12.3 Å². The molecule has 0 unspecified atom stereocenters. The van der Waals surface area contributed by atoms with Crippen LogP contribution in [0.1, 0.15) is 59.7 Å². The monoisotopic (exact) mass is 509 g/mol. The van der Waals surface area contributed by atoms with Crippen LogP contribution in [0.5, 0.6) is 5.75 Å². The average molecular weight is 510 g/mol. The van der Waals surface area contributed by atoms with Crippen molar-refractivity contribution < 1.29 is 13.9 Å². The Bertz CT molecular complexity index is 1400. The Hall–Kier alpha value is -3.65. The number of aromatic nitrogens is 3. The van der Waals surface area contributed by atoms with Gasteiger partial charge in [0.05, 0.1) is 16.8 Å². The Morgan fingerprint density at radius 1 is 1.25 bits per heavy atom. The molecule has 0 fully saturated rings. The molecule has 4 rings (SSSR count). The second kappa shape index (κ2) is 10.5. The number of hydrogen-bond acceptors (Lipinski definition) is 5. The first-order valence-corrected chi connectivity index (χ1v) is 12.2. The molecule has 9 heteroatoms. The van der Waals surface area contributed by atoms with Crippen LogP contribution in [0.15, 0.2) is 48.8 Å². The number of imidazole rings is 1. The molecule has 0 bridgehead atoms. The first-order valence-electron chi connectivity index (χ1n) is 11.8. The molecule has 0 aliphatic rings. The molecule has 2 aromatic heterocycles. The molecule has 36 heavy (non-hydrogen) atoms. The van der Waals surface area contributed by atoms with Gasteiger partial charge in [-0.2, -0.15) is 0 Å². The van der Waals surface area contributed by atoms with Crippen molar-refractivity contribution in [3.63, 3.8) is 0 Å². The van der Waals surface area contributed by atoms with E-state index in [1.54, 1.807) is 12.4 Å². The van der Waals surface area contributed by atoms with Crippen LogP contribution < -0.4 is 15.8 Å². The van der Waals surface area contributed by atoms with Gasteiger partial charge in [-0.1, -0.05) is 48.9 Å². The van der Waals surface area contributed by atoms with Crippen molar-refractivity contribution in [3.8, 4) is 5.75 Å². The topological polar surface area (TPSA) is 94.5 Å². The average Bonchev–Trinajstić information content (AvgIpc) is 3.19. The van der Waals surface area contributed by atoms with Gasteiger partial charge in [0.2, 0.25) is 0 Å². The number of ether oxygens (including phenoxy) is 1. The molecule has 0 radical (unpaired) electrons. The van der Waals surface area contributed by atoms with Crippen LogP contribution in [-0.4, -0.2) is 32.9 Å². The maximum absolute atomic E-state index is 15.4. The van der Waals surface area contributed by atoms with Gasteiger partial charge < -0.3 is 15.8 Å². The number of nitrogens with two attached hydrogens (primary N) is 1. The quantitative estimate of drug-likeness (QED) is 0.335. The number of aryl methyl sites for hydroxylation is 1. The molecular weight excluding hydrogens is 481 g/mol. The minimum atomic E-state index is -0.821. The standard InChI is InChI=1S/C27H29ClFN5O2/c1-15(2)36-24-19(16(3)26-33-17(4)23-25(30)31-12-13-34(23)26)14-20(28)22(29)21(24)27(35)32-11-10-18-8-6-5-7-9-18/h5-9,12-16H,10-11H2,1-4H3,(H2,30,31)(H,32,35)/t16-/m0/s1. The number of carbonyl (C=O) groups excluding carboxylic acids is 1. The Balaban J connectivity index is 1.76. The third-order valence-electron chi connectivity index (χ3n) is 5.96. The van der Waals surface area contributed by atoms with Crippen molar-refractivity contribution in [1.82, 2.24) is 19.7 Å². The molecule has 1 amide bonds. The molecule has 0 aliphatic carbocycles. The number of anilines is 1. The summed E-state index contributed by atoms with van der Waals surface area (Å²) >= 11 is 6.31. The molecule has 7 nitrogen and oxygen atoms in total. The highest BCUT2D eigenvalue weighted by Crippen LogP contribution is 2.39. The van der Waals surface area contributed by atoms with Gasteiger partial charge in [0.25, 0.3) is 5.91 Å².